The lowest BCUT2D eigenvalue weighted by Gasteiger charge is -2.23. The lowest BCUT2D eigenvalue weighted by molar-refractivity contribution is -0.145. The number of carboxylic acids is 1. The fourth-order valence-electron chi connectivity index (χ4n) is 1.73. The van der Waals surface area contributed by atoms with Crippen molar-refractivity contribution in [2.45, 2.75) is 57.1 Å². The molecule has 0 saturated carbocycles. The Hall–Kier alpha value is -1.89. The lowest BCUT2D eigenvalue weighted by atomic mass is 10.1. The van der Waals surface area contributed by atoms with Gasteiger partial charge in [0.1, 0.15) is 18.1 Å². The molecule has 0 spiro atoms. The van der Waals surface area contributed by atoms with Crippen LogP contribution in [-0.4, -0.2) is 81.1 Å². The first-order valence-corrected chi connectivity index (χ1v) is 8.42. The first-order chi connectivity index (χ1) is 11.9. The van der Waals surface area contributed by atoms with Crippen molar-refractivity contribution >= 4 is 36.3 Å². The molecule has 0 aromatic carbocycles. The van der Waals surface area contributed by atoms with Crippen LogP contribution in [0.4, 0.5) is 0 Å². The molecular formula is C14H26N4O7S. The summed E-state index contributed by atoms with van der Waals surface area (Å²) in [4.78, 5) is 46.9. The topological polar surface area (TPSA) is 191 Å². The van der Waals surface area contributed by atoms with Gasteiger partial charge in [-0.3, -0.25) is 14.4 Å². The summed E-state index contributed by atoms with van der Waals surface area (Å²) in [5, 5.41) is 34.3. The molecule has 0 aliphatic heterocycles. The van der Waals surface area contributed by atoms with Gasteiger partial charge in [0.05, 0.1) is 12.2 Å². The SMILES string of the molecule is CC(NC(=O)C(N)C(C)O)C(=O)NC(CS)C(=O)NC(C(=O)O)C(C)O. The van der Waals surface area contributed by atoms with Gasteiger partial charge in [0.15, 0.2) is 6.04 Å². The van der Waals surface area contributed by atoms with Crippen LogP contribution < -0.4 is 21.7 Å². The molecule has 0 aliphatic carbocycles. The number of carboxylic acid groups (broad SMARTS) is 1. The van der Waals surface area contributed by atoms with Crippen LogP contribution >= 0.6 is 12.6 Å². The highest BCUT2D eigenvalue weighted by Crippen LogP contribution is 1.98. The van der Waals surface area contributed by atoms with Crippen LogP contribution in [-0.2, 0) is 19.2 Å². The summed E-state index contributed by atoms with van der Waals surface area (Å²) in [6, 6.07) is -5.05. The summed E-state index contributed by atoms with van der Waals surface area (Å²) in [6.45, 7) is 3.85. The average Bonchev–Trinajstić information content (AvgIpc) is 2.55. The van der Waals surface area contributed by atoms with Gasteiger partial charge in [-0.25, -0.2) is 4.79 Å². The van der Waals surface area contributed by atoms with Crippen LogP contribution in [0, 0.1) is 0 Å². The summed E-state index contributed by atoms with van der Waals surface area (Å²) < 4.78 is 0. The highest BCUT2D eigenvalue weighted by molar-refractivity contribution is 7.80. The van der Waals surface area contributed by atoms with Crippen molar-refractivity contribution < 1.29 is 34.5 Å². The number of aliphatic carboxylic acids is 1. The Bertz CT molecular complexity index is 529. The Morgan fingerprint density at radius 2 is 1.46 bits per heavy atom. The number of thiol groups is 1. The normalized spacial score (nSPS) is 17.8. The van der Waals surface area contributed by atoms with E-state index >= 15 is 0 Å². The smallest absolute Gasteiger partial charge is 0.328 e. The number of rotatable bonds is 10. The first-order valence-electron chi connectivity index (χ1n) is 7.78. The van der Waals surface area contributed by atoms with E-state index in [1.54, 1.807) is 0 Å². The van der Waals surface area contributed by atoms with Gasteiger partial charge in [0.25, 0.3) is 0 Å². The number of nitrogens with one attached hydrogen (secondary N) is 3. The lowest BCUT2D eigenvalue weighted by Crippen LogP contribution is -2.58. The number of nitrogens with two attached hydrogens (primary N) is 1. The molecule has 3 amide bonds. The van der Waals surface area contributed by atoms with Crippen molar-refractivity contribution in [1.82, 2.24) is 16.0 Å². The van der Waals surface area contributed by atoms with Crippen molar-refractivity contribution in [3.05, 3.63) is 0 Å². The van der Waals surface area contributed by atoms with Crippen LogP contribution in [0.15, 0.2) is 0 Å². The van der Waals surface area contributed by atoms with Gasteiger partial charge in [-0.2, -0.15) is 12.6 Å². The van der Waals surface area contributed by atoms with E-state index in [1.807, 2.05) is 0 Å². The molecule has 0 aromatic rings. The zero-order chi connectivity index (χ0) is 20.6. The second kappa shape index (κ2) is 11.0. The average molecular weight is 394 g/mol. The predicted molar refractivity (Wildman–Crippen MR) is 94.3 cm³/mol. The van der Waals surface area contributed by atoms with Crippen molar-refractivity contribution in [3.63, 3.8) is 0 Å². The largest absolute Gasteiger partial charge is 0.480 e. The van der Waals surface area contributed by atoms with E-state index in [0.29, 0.717) is 0 Å². The maximum Gasteiger partial charge on any atom is 0.328 e. The van der Waals surface area contributed by atoms with E-state index in [0.717, 1.165) is 0 Å². The van der Waals surface area contributed by atoms with Crippen LogP contribution in [0.25, 0.3) is 0 Å². The molecule has 6 atom stereocenters. The number of carbonyl (C=O) groups is 4. The zero-order valence-electron chi connectivity index (χ0n) is 14.7. The quantitative estimate of drug-likeness (QED) is 0.175. The van der Waals surface area contributed by atoms with Gasteiger partial charge in [0.2, 0.25) is 17.7 Å². The first kappa shape index (κ1) is 24.1. The third-order valence-corrected chi connectivity index (χ3v) is 3.80. The highest BCUT2D eigenvalue weighted by atomic mass is 32.1. The minimum Gasteiger partial charge on any atom is -0.480 e. The molecule has 0 radical (unpaired) electrons. The van der Waals surface area contributed by atoms with Crippen LogP contribution in [0.1, 0.15) is 20.8 Å². The molecule has 0 aliphatic rings. The number of amides is 3. The second-order valence-electron chi connectivity index (χ2n) is 5.81. The number of carbonyl (C=O) groups excluding carboxylic acids is 3. The van der Waals surface area contributed by atoms with Crippen LogP contribution in [0.2, 0.25) is 0 Å². The monoisotopic (exact) mass is 394 g/mol. The summed E-state index contributed by atoms with van der Waals surface area (Å²) in [6.07, 6.45) is -2.47. The molecule has 0 aromatic heterocycles. The second-order valence-corrected chi connectivity index (χ2v) is 6.17. The summed E-state index contributed by atoms with van der Waals surface area (Å²) in [7, 11) is 0. The number of hydrogen-bond donors (Lipinski definition) is 8. The molecule has 150 valence electrons. The standard InChI is InChI=1S/C14H26N4O7S/c1-5(16-13(23)9(15)6(2)19)11(21)17-8(4-26)12(22)18-10(7(3)20)14(24)25/h5-10,19-20,26H,4,15H2,1-3H3,(H,16,23)(H,17,21)(H,18,22)(H,24,25). The maximum atomic E-state index is 12.1. The molecule has 26 heavy (non-hydrogen) atoms. The van der Waals surface area contributed by atoms with Crippen molar-refractivity contribution in [3.8, 4) is 0 Å². The summed E-state index contributed by atoms with van der Waals surface area (Å²) in [5.41, 5.74) is 5.45. The van der Waals surface area contributed by atoms with Crippen molar-refractivity contribution in [2.24, 2.45) is 5.73 Å². The molecule has 11 nitrogen and oxygen atoms in total. The predicted octanol–water partition coefficient (Wildman–Crippen LogP) is -3.44. The Kier molecular flexibility index (Phi) is 10.2. The van der Waals surface area contributed by atoms with Gasteiger partial charge in [-0.15, -0.1) is 0 Å². The fraction of sp³-hybridized carbons (Fsp3) is 0.714. The minimum atomic E-state index is -1.55. The van der Waals surface area contributed by atoms with E-state index < -0.39 is 60.1 Å². The van der Waals surface area contributed by atoms with Gasteiger partial charge < -0.3 is 37.0 Å². The van der Waals surface area contributed by atoms with Gasteiger partial charge in [0, 0.05) is 5.75 Å². The Labute approximate surface area is 156 Å². The molecule has 0 rings (SSSR count). The molecule has 0 saturated heterocycles. The van der Waals surface area contributed by atoms with Gasteiger partial charge in [-0.05, 0) is 20.8 Å². The van der Waals surface area contributed by atoms with Gasteiger partial charge >= 0.3 is 5.97 Å². The molecule has 0 fully saturated rings. The van der Waals surface area contributed by atoms with E-state index in [9.17, 15) is 29.4 Å². The van der Waals surface area contributed by atoms with Crippen LogP contribution in [0.3, 0.4) is 0 Å². The molecule has 8 N–H and O–H groups in total. The molecule has 6 unspecified atom stereocenters. The van der Waals surface area contributed by atoms with Crippen molar-refractivity contribution in [2.75, 3.05) is 5.75 Å². The highest BCUT2D eigenvalue weighted by Gasteiger charge is 2.30. The molecule has 12 heteroatoms. The number of aliphatic hydroxyl groups excluding tert-OH is 2. The van der Waals surface area contributed by atoms with Crippen molar-refractivity contribution in [1.29, 1.82) is 0 Å². The zero-order valence-corrected chi connectivity index (χ0v) is 15.6. The molecule has 0 bridgehead atoms. The third kappa shape index (κ3) is 7.56. The number of aliphatic hydroxyl groups is 2. The van der Waals surface area contributed by atoms with E-state index in [2.05, 4.69) is 28.6 Å². The Balaban J connectivity index is 4.83. The molecular weight excluding hydrogens is 368 g/mol. The number of hydrogen-bond acceptors (Lipinski definition) is 8. The van der Waals surface area contributed by atoms with E-state index in [4.69, 9.17) is 10.8 Å². The summed E-state index contributed by atoms with van der Waals surface area (Å²) >= 11 is 3.93. The van der Waals surface area contributed by atoms with E-state index in [-0.39, 0.29) is 5.75 Å². The Morgan fingerprint density at radius 3 is 1.85 bits per heavy atom. The maximum absolute atomic E-state index is 12.1. The minimum absolute atomic E-state index is 0.155. The van der Waals surface area contributed by atoms with Gasteiger partial charge in [-0.1, -0.05) is 0 Å². The third-order valence-electron chi connectivity index (χ3n) is 3.44. The Morgan fingerprint density at radius 1 is 0.923 bits per heavy atom. The van der Waals surface area contributed by atoms with Crippen LogP contribution in [0.5, 0.6) is 0 Å². The summed E-state index contributed by atoms with van der Waals surface area (Å²) in [5.74, 6) is -3.95. The fourth-order valence-corrected chi connectivity index (χ4v) is 1.98. The molecule has 0 heterocycles. The van der Waals surface area contributed by atoms with E-state index in [1.165, 1.54) is 20.8 Å².